The van der Waals surface area contributed by atoms with Gasteiger partial charge in [0.15, 0.2) is 0 Å². The third kappa shape index (κ3) is 3.73. The van der Waals surface area contributed by atoms with Crippen LogP contribution in [0.5, 0.6) is 0 Å². The smallest absolute Gasteiger partial charge is 0.338 e. The summed E-state index contributed by atoms with van der Waals surface area (Å²) >= 11 is 0. The lowest BCUT2D eigenvalue weighted by molar-refractivity contribution is -0.120. The van der Waals surface area contributed by atoms with Crippen LogP contribution >= 0.6 is 0 Å². The van der Waals surface area contributed by atoms with E-state index in [-0.39, 0.29) is 23.8 Å². The second kappa shape index (κ2) is 8.53. The van der Waals surface area contributed by atoms with Gasteiger partial charge >= 0.3 is 5.97 Å². The van der Waals surface area contributed by atoms with Crippen molar-refractivity contribution in [2.24, 2.45) is 0 Å². The molecule has 6 heteroatoms. The molecule has 0 N–H and O–H groups in total. The molecule has 2 aliphatic heterocycles. The van der Waals surface area contributed by atoms with Crippen molar-refractivity contribution < 1.29 is 19.1 Å². The molecule has 30 heavy (non-hydrogen) atoms. The van der Waals surface area contributed by atoms with Crippen molar-refractivity contribution in [2.75, 3.05) is 23.0 Å². The van der Waals surface area contributed by atoms with Crippen LogP contribution in [0.4, 0.5) is 11.4 Å². The molecule has 6 nitrogen and oxygen atoms in total. The van der Waals surface area contributed by atoms with E-state index in [9.17, 15) is 14.4 Å². The van der Waals surface area contributed by atoms with Gasteiger partial charge in [0, 0.05) is 23.9 Å². The summed E-state index contributed by atoms with van der Waals surface area (Å²) in [5.41, 5.74) is 2.53. The number of carbonyl (C=O) groups excluding carboxylic acids is 3. The standard InChI is InChI=1S/C24H24N2O4/c1-2-30-24(29)17-11-13-18(14-12-17)25-15-7-6-10-21(25)20-16-22(27)26(23(20)28)19-8-4-3-5-9-19/h3-5,8-9,11-14,16,21H,2,6-7,10,15H2,1H3. The molecule has 1 saturated heterocycles. The van der Waals surface area contributed by atoms with Crippen LogP contribution in [0.25, 0.3) is 0 Å². The minimum atomic E-state index is -0.350. The fourth-order valence-corrected chi connectivity index (χ4v) is 4.12. The third-order valence-corrected chi connectivity index (χ3v) is 5.54. The van der Waals surface area contributed by atoms with Crippen LogP contribution in [0.2, 0.25) is 0 Å². The highest BCUT2D eigenvalue weighted by Gasteiger charge is 2.39. The average Bonchev–Trinajstić information content (AvgIpc) is 3.08. The number of nitrogens with zero attached hydrogens (tertiary/aromatic N) is 2. The van der Waals surface area contributed by atoms with Gasteiger partial charge in [-0.1, -0.05) is 18.2 Å². The Balaban J connectivity index is 1.59. The van der Waals surface area contributed by atoms with Crippen molar-refractivity contribution in [3.8, 4) is 0 Å². The third-order valence-electron chi connectivity index (χ3n) is 5.54. The van der Waals surface area contributed by atoms with Crippen LogP contribution in [0.15, 0.2) is 66.2 Å². The zero-order chi connectivity index (χ0) is 21.1. The second-order valence-corrected chi connectivity index (χ2v) is 7.39. The molecule has 154 valence electrons. The summed E-state index contributed by atoms with van der Waals surface area (Å²) in [6.07, 6.45) is 4.28. The lowest BCUT2D eigenvalue weighted by Crippen LogP contribution is -2.43. The van der Waals surface area contributed by atoms with E-state index in [1.807, 2.05) is 30.3 Å². The van der Waals surface area contributed by atoms with Crippen LogP contribution in [0.3, 0.4) is 0 Å². The maximum absolute atomic E-state index is 13.2. The van der Waals surface area contributed by atoms with E-state index in [0.29, 0.717) is 23.4 Å². The highest BCUT2D eigenvalue weighted by molar-refractivity contribution is 6.31. The molecule has 0 bridgehead atoms. The molecule has 1 fully saturated rings. The summed E-state index contributed by atoms with van der Waals surface area (Å²) in [4.78, 5) is 41.1. The number of para-hydroxylation sites is 1. The zero-order valence-electron chi connectivity index (χ0n) is 16.9. The largest absolute Gasteiger partial charge is 0.462 e. The number of hydrogen-bond donors (Lipinski definition) is 0. The lowest BCUT2D eigenvalue weighted by Gasteiger charge is -2.38. The van der Waals surface area contributed by atoms with Crippen molar-refractivity contribution in [2.45, 2.75) is 32.2 Å². The molecule has 2 heterocycles. The molecular weight excluding hydrogens is 380 g/mol. The molecule has 1 atom stereocenters. The molecule has 2 amide bonds. The number of anilines is 2. The van der Waals surface area contributed by atoms with Crippen LogP contribution < -0.4 is 9.80 Å². The summed E-state index contributed by atoms with van der Waals surface area (Å²) in [6.45, 7) is 2.89. The molecule has 4 rings (SSSR count). The minimum Gasteiger partial charge on any atom is -0.462 e. The Hall–Kier alpha value is -3.41. The average molecular weight is 404 g/mol. The van der Waals surface area contributed by atoms with Crippen LogP contribution in [0, 0.1) is 0 Å². The number of benzene rings is 2. The first-order valence-electron chi connectivity index (χ1n) is 10.3. The van der Waals surface area contributed by atoms with Crippen molar-refractivity contribution in [3.63, 3.8) is 0 Å². The van der Waals surface area contributed by atoms with Crippen molar-refractivity contribution in [1.29, 1.82) is 0 Å². The first kappa shape index (κ1) is 19.9. The first-order valence-corrected chi connectivity index (χ1v) is 10.3. The zero-order valence-corrected chi connectivity index (χ0v) is 16.9. The maximum Gasteiger partial charge on any atom is 0.338 e. The number of esters is 1. The number of ether oxygens (including phenoxy) is 1. The molecule has 2 aromatic carbocycles. The Labute approximate surface area is 175 Å². The highest BCUT2D eigenvalue weighted by Crippen LogP contribution is 2.33. The Morgan fingerprint density at radius 1 is 1.00 bits per heavy atom. The van der Waals surface area contributed by atoms with E-state index >= 15 is 0 Å². The molecule has 1 unspecified atom stereocenters. The highest BCUT2D eigenvalue weighted by atomic mass is 16.5. The minimum absolute atomic E-state index is 0.169. The Bertz CT molecular complexity index is 982. The van der Waals surface area contributed by atoms with Gasteiger partial charge in [0.1, 0.15) is 0 Å². The predicted octanol–water partition coefficient (Wildman–Crippen LogP) is 3.72. The molecule has 0 aliphatic carbocycles. The van der Waals surface area contributed by atoms with Crippen LogP contribution in [0.1, 0.15) is 36.5 Å². The summed E-state index contributed by atoms with van der Waals surface area (Å²) < 4.78 is 5.05. The van der Waals surface area contributed by atoms with Gasteiger partial charge in [-0.15, -0.1) is 0 Å². The monoisotopic (exact) mass is 404 g/mol. The molecule has 0 aromatic heterocycles. The Morgan fingerprint density at radius 3 is 2.43 bits per heavy atom. The van der Waals surface area contributed by atoms with Gasteiger partial charge in [-0.05, 0) is 62.6 Å². The van der Waals surface area contributed by atoms with Crippen LogP contribution in [-0.4, -0.2) is 37.0 Å². The van der Waals surface area contributed by atoms with E-state index in [1.165, 1.54) is 11.0 Å². The van der Waals surface area contributed by atoms with E-state index in [1.54, 1.807) is 31.2 Å². The second-order valence-electron chi connectivity index (χ2n) is 7.39. The van der Waals surface area contributed by atoms with Gasteiger partial charge in [-0.25, -0.2) is 9.69 Å². The van der Waals surface area contributed by atoms with E-state index in [2.05, 4.69) is 4.90 Å². The Kier molecular flexibility index (Phi) is 5.65. The van der Waals surface area contributed by atoms with Gasteiger partial charge < -0.3 is 9.64 Å². The first-order chi connectivity index (χ1) is 14.6. The summed E-state index contributed by atoms with van der Waals surface area (Å²) in [5, 5.41) is 0. The molecule has 0 spiro atoms. The number of carbonyl (C=O) groups is 3. The maximum atomic E-state index is 13.2. The number of piperidine rings is 1. The van der Waals surface area contributed by atoms with E-state index in [0.717, 1.165) is 31.5 Å². The topological polar surface area (TPSA) is 66.9 Å². The van der Waals surface area contributed by atoms with Gasteiger partial charge in [0.05, 0.1) is 23.9 Å². The Morgan fingerprint density at radius 2 is 1.73 bits per heavy atom. The summed E-state index contributed by atoms with van der Waals surface area (Å²) in [7, 11) is 0. The van der Waals surface area contributed by atoms with Gasteiger partial charge in [-0.2, -0.15) is 0 Å². The predicted molar refractivity (Wildman–Crippen MR) is 114 cm³/mol. The van der Waals surface area contributed by atoms with Gasteiger partial charge in [0.25, 0.3) is 11.8 Å². The fraction of sp³-hybridized carbons (Fsp3) is 0.292. The number of hydrogen-bond acceptors (Lipinski definition) is 5. The molecular formula is C24H24N2O4. The normalized spacial score (nSPS) is 19.1. The van der Waals surface area contributed by atoms with E-state index < -0.39 is 0 Å². The fourth-order valence-electron chi connectivity index (χ4n) is 4.12. The van der Waals surface area contributed by atoms with Gasteiger partial charge in [-0.3, -0.25) is 9.59 Å². The number of rotatable bonds is 5. The number of imide groups is 1. The molecule has 0 radical (unpaired) electrons. The SMILES string of the molecule is CCOC(=O)c1ccc(N2CCCCC2C2=CC(=O)N(c3ccccc3)C2=O)cc1. The molecule has 0 saturated carbocycles. The lowest BCUT2D eigenvalue weighted by atomic mass is 9.94. The number of amides is 2. The molecule has 2 aromatic rings. The van der Waals surface area contributed by atoms with Crippen molar-refractivity contribution in [1.82, 2.24) is 0 Å². The van der Waals surface area contributed by atoms with Gasteiger partial charge in [0.2, 0.25) is 0 Å². The summed E-state index contributed by atoms with van der Waals surface area (Å²) in [6, 6.07) is 16.1. The van der Waals surface area contributed by atoms with Crippen molar-refractivity contribution in [3.05, 3.63) is 71.8 Å². The quantitative estimate of drug-likeness (QED) is 0.561. The van der Waals surface area contributed by atoms with Crippen molar-refractivity contribution >= 4 is 29.2 Å². The van der Waals surface area contributed by atoms with Crippen LogP contribution in [-0.2, 0) is 14.3 Å². The van der Waals surface area contributed by atoms with E-state index in [4.69, 9.17) is 4.74 Å². The molecule has 2 aliphatic rings. The summed E-state index contributed by atoms with van der Waals surface area (Å²) in [5.74, 6) is -0.910.